The molecule has 1 aliphatic heterocycles. The van der Waals surface area contributed by atoms with Crippen molar-refractivity contribution in [3.8, 4) is 11.1 Å². The molecule has 1 aromatic heterocycles. The number of amides is 1. The molecule has 0 spiro atoms. The molecule has 2 N–H and O–H groups in total. The first-order valence-corrected chi connectivity index (χ1v) is 11.7. The van der Waals surface area contributed by atoms with Crippen molar-refractivity contribution >= 4 is 23.6 Å². The summed E-state index contributed by atoms with van der Waals surface area (Å²) in [6, 6.07) is 7.26. The van der Waals surface area contributed by atoms with Gasteiger partial charge in [-0.1, -0.05) is 31.1 Å². The Hall–Kier alpha value is -3.23. The largest absolute Gasteiger partial charge is 0.480 e. The van der Waals surface area contributed by atoms with Gasteiger partial charge in [0.1, 0.15) is 11.6 Å². The predicted octanol–water partition coefficient (Wildman–Crippen LogP) is 4.62. The molecule has 0 saturated carbocycles. The highest BCUT2D eigenvalue weighted by atomic mass is 16.6. The maximum Gasteiger partial charge on any atom is 0.410 e. The second-order valence-corrected chi connectivity index (χ2v) is 10.1. The van der Waals surface area contributed by atoms with E-state index in [0.717, 1.165) is 16.8 Å². The lowest BCUT2D eigenvalue weighted by atomic mass is 10.0. The van der Waals surface area contributed by atoms with Gasteiger partial charge >= 0.3 is 12.1 Å². The number of hydrogen-bond acceptors (Lipinski definition) is 7. The fraction of sp³-hybridized carbons (Fsp3) is 0.560. The number of hydrogen-bond donors (Lipinski definition) is 2. The summed E-state index contributed by atoms with van der Waals surface area (Å²) in [6.45, 7) is 14.0. The number of carbonyl (C=O) groups excluding carboxylic acids is 1. The van der Waals surface area contributed by atoms with Crippen LogP contribution in [0.2, 0.25) is 0 Å². The van der Waals surface area contributed by atoms with Gasteiger partial charge in [0.15, 0.2) is 0 Å². The molecule has 1 fully saturated rings. The summed E-state index contributed by atoms with van der Waals surface area (Å²) < 4.78 is 10.9. The molecule has 1 aliphatic rings. The molecule has 0 bridgehead atoms. The van der Waals surface area contributed by atoms with Crippen LogP contribution in [0.1, 0.15) is 46.7 Å². The molecule has 3 rings (SSSR count). The average Bonchev–Trinajstić information content (AvgIpc) is 3.12. The summed E-state index contributed by atoms with van der Waals surface area (Å²) >= 11 is 0. The van der Waals surface area contributed by atoms with E-state index in [0.29, 0.717) is 44.2 Å². The maximum atomic E-state index is 12.3. The summed E-state index contributed by atoms with van der Waals surface area (Å²) in [5.41, 5.74) is 2.90. The molecule has 9 heteroatoms. The van der Waals surface area contributed by atoms with E-state index in [-0.39, 0.29) is 12.0 Å². The van der Waals surface area contributed by atoms with Crippen molar-refractivity contribution in [1.82, 2.24) is 10.1 Å². The zero-order valence-corrected chi connectivity index (χ0v) is 20.9. The van der Waals surface area contributed by atoms with Gasteiger partial charge in [-0.05, 0) is 57.7 Å². The number of ether oxygens (including phenoxy) is 1. The Morgan fingerprint density at radius 2 is 1.76 bits per heavy atom. The second-order valence-electron chi connectivity index (χ2n) is 10.1. The number of carboxylic acids is 1. The second kappa shape index (κ2) is 10.4. The van der Waals surface area contributed by atoms with Crippen LogP contribution in [0.15, 0.2) is 28.8 Å². The van der Waals surface area contributed by atoms with Crippen LogP contribution >= 0.6 is 0 Å². The molecule has 1 saturated heterocycles. The molecule has 1 aromatic carbocycles. The zero-order valence-electron chi connectivity index (χ0n) is 20.9. The number of rotatable bonds is 7. The van der Waals surface area contributed by atoms with E-state index in [4.69, 9.17) is 9.26 Å². The molecule has 2 aromatic rings. The molecule has 0 aliphatic carbocycles. The van der Waals surface area contributed by atoms with Crippen molar-refractivity contribution in [1.29, 1.82) is 0 Å². The monoisotopic (exact) mass is 472 g/mol. The van der Waals surface area contributed by atoms with E-state index < -0.39 is 17.6 Å². The number of nitrogens with zero attached hydrogens (tertiary/aromatic N) is 3. The number of nitrogens with one attached hydrogen (secondary N) is 1. The molecule has 9 nitrogen and oxygen atoms in total. The summed E-state index contributed by atoms with van der Waals surface area (Å²) in [5.74, 6) is -0.338. The molecule has 2 heterocycles. The summed E-state index contributed by atoms with van der Waals surface area (Å²) in [7, 11) is 0. The van der Waals surface area contributed by atoms with Gasteiger partial charge < -0.3 is 29.5 Å². The highest BCUT2D eigenvalue weighted by molar-refractivity contribution is 5.82. The van der Waals surface area contributed by atoms with Gasteiger partial charge in [-0.15, -0.1) is 0 Å². The van der Waals surface area contributed by atoms with Crippen molar-refractivity contribution in [2.45, 2.75) is 59.6 Å². The Balaban J connectivity index is 1.68. The highest BCUT2D eigenvalue weighted by Crippen LogP contribution is 2.33. The average molecular weight is 473 g/mol. The van der Waals surface area contributed by atoms with Crippen LogP contribution in [0, 0.1) is 12.8 Å². The first-order chi connectivity index (χ1) is 15.9. The number of aromatic nitrogens is 1. The van der Waals surface area contributed by atoms with Crippen LogP contribution in [0.25, 0.3) is 11.1 Å². The minimum Gasteiger partial charge on any atom is -0.480 e. The molecule has 1 amide bonds. The Morgan fingerprint density at radius 3 is 2.29 bits per heavy atom. The number of piperazine rings is 1. The quantitative estimate of drug-likeness (QED) is 0.601. The Bertz CT molecular complexity index is 986. The molecular formula is C25H36N4O5. The molecule has 186 valence electrons. The lowest BCUT2D eigenvalue weighted by Gasteiger charge is -2.36. The number of carbonyl (C=O) groups is 2. The normalized spacial score (nSPS) is 15.4. The van der Waals surface area contributed by atoms with Crippen molar-refractivity contribution in [3.05, 3.63) is 30.0 Å². The van der Waals surface area contributed by atoms with Gasteiger partial charge in [0.25, 0.3) is 0 Å². The third kappa shape index (κ3) is 6.42. The summed E-state index contributed by atoms with van der Waals surface area (Å²) in [6.07, 6.45) is 0.200. The van der Waals surface area contributed by atoms with Gasteiger partial charge in [0.2, 0.25) is 5.88 Å². The first kappa shape index (κ1) is 25.4. The van der Waals surface area contributed by atoms with E-state index in [9.17, 15) is 14.7 Å². The van der Waals surface area contributed by atoms with Crippen LogP contribution < -0.4 is 10.2 Å². The van der Waals surface area contributed by atoms with Crippen molar-refractivity contribution < 1.29 is 24.0 Å². The lowest BCUT2D eigenvalue weighted by molar-refractivity contribution is -0.138. The third-order valence-corrected chi connectivity index (χ3v) is 5.63. The highest BCUT2D eigenvalue weighted by Gasteiger charge is 2.27. The van der Waals surface area contributed by atoms with Gasteiger partial charge in [-0.3, -0.25) is 0 Å². The molecular weight excluding hydrogens is 436 g/mol. The number of anilines is 2. The standard InChI is InChI=1S/C25H36N4O5/c1-16(2)15-20(23(30)31)26-22-21(17(3)27-34-22)18-7-9-19(10-8-18)28-11-13-29(14-12-28)24(32)33-25(4,5)6/h7-10,16,20,26H,11-15H2,1-6H3,(H,30,31)/t20-/m0/s1. The van der Waals surface area contributed by atoms with Gasteiger partial charge in [-0.25, -0.2) is 9.59 Å². The van der Waals surface area contributed by atoms with Crippen LogP contribution in [0.5, 0.6) is 0 Å². The number of carboxylic acid groups (broad SMARTS) is 1. The number of aryl methyl sites for hydroxylation is 1. The van der Waals surface area contributed by atoms with E-state index >= 15 is 0 Å². The minimum atomic E-state index is -0.922. The van der Waals surface area contributed by atoms with Crippen LogP contribution in [-0.2, 0) is 9.53 Å². The molecule has 34 heavy (non-hydrogen) atoms. The summed E-state index contributed by atoms with van der Waals surface area (Å²) in [5, 5.41) is 16.7. The van der Waals surface area contributed by atoms with E-state index in [1.807, 2.05) is 65.8 Å². The van der Waals surface area contributed by atoms with Crippen LogP contribution in [0.4, 0.5) is 16.4 Å². The zero-order chi connectivity index (χ0) is 25.0. The topological polar surface area (TPSA) is 108 Å². The lowest BCUT2D eigenvalue weighted by Crippen LogP contribution is -2.50. The SMILES string of the molecule is Cc1noc(N[C@@H](CC(C)C)C(=O)O)c1-c1ccc(N2CCN(C(=O)OC(C)(C)C)CC2)cc1. The van der Waals surface area contributed by atoms with Crippen molar-refractivity contribution in [2.24, 2.45) is 5.92 Å². The van der Waals surface area contributed by atoms with Gasteiger partial charge in [0, 0.05) is 31.9 Å². The Kier molecular flexibility index (Phi) is 7.74. The number of aliphatic carboxylic acids is 1. The summed E-state index contributed by atoms with van der Waals surface area (Å²) in [4.78, 5) is 28.0. The van der Waals surface area contributed by atoms with Crippen LogP contribution in [0.3, 0.4) is 0 Å². The van der Waals surface area contributed by atoms with Crippen molar-refractivity contribution in [3.63, 3.8) is 0 Å². The molecule has 0 unspecified atom stereocenters. The minimum absolute atomic E-state index is 0.219. The van der Waals surface area contributed by atoms with Crippen LogP contribution in [-0.4, -0.2) is 65.0 Å². The molecule has 0 radical (unpaired) electrons. The Morgan fingerprint density at radius 1 is 1.15 bits per heavy atom. The number of benzene rings is 1. The predicted molar refractivity (Wildman–Crippen MR) is 131 cm³/mol. The first-order valence-electron chi connectivity index (χ1n) is 11.7. The Labute approximate surface area is 201 Å². The fourth-order valence-corrected chi connectivity index (χ4v) is 3.97. The van der Waals surface area contributed by atoms with E-state index in [1.165, 1.54) is 0 Å². The molecule has 1 atom stereocenters. The smallest absolute Gasteiger partial charge is 0.410 e. The van der Waals surface area contributed by atoms with Gasteiger partial charge in [0.05, 0.1) is 11.3 Å². The van der Waals surface area contributed by atoms with E-state index in [2.05, 4.69) is 15.4 Å². The fourth-order valence-electron chi connectivity index (χ4n) is 3.97. The van der Waals surface area contributed by atoms with E-state index in [1.54, 1.807) is 4.90 Å². The van der Waals surface area contributed by atoms with Gasteiger partial charge in [-0.2, -0.15) is 0 Å². The third-order valence-electron chi connectivity index (χ3n) is 5.63. The van der Waals surface area contributed by atoms with Crippen molar-refractivity contribution in [2.75, 3.05) is 36.4 Å². The maximum absolute atomic E-state index is 12.3.